The number of carbonyl (C=O) groups is 2. The molecule has 27 heavy (non-hydrogen) atoms. The van der Waals surface area contributed by atoms with Crippen LogP contribution in [-0.2, 0) is 19.6 Å². The zero-order valence-electron chi connectivity index (χ0n) is 16.3. The minimum absolute atomic E-state index is 0.00512. The smallest absolute Gasteiger partial charge is 0.338 e. The van der Waals surface area contributed by atoms with Crippen LogP contribution in [0.2, 0.25) is 0 Å². The van der Waals surface area contributed by atoms with Gasteiger partial charge in [-0.2, -0.15) is 0 Å². The number of carbonyl (C=O) groups excluding carboxylic acids is 2. The summed E-state index contributed by atoms with van der Waals surface area (Å²) in [5, 5.41) is 2.92. The van der Waals surface area contributed by atoms with E-state index in [-0.39, 0.29) is 29.0 Å². The van der Waals surface area contributed by atoms with Gasteiger partial charge in [-0.05, 0) is 43.4 Å². The molecular formula is C19H28N2O5S. The van der Waals surface area contributed by atoms with Gasteiger partial charge in [-0.3, -0.25) is 4.79 Å². The predicted molar refractivity (Wildman–Crippen MR) is 102 cm³/mol. The van der Waals surface area contributed by atoms with E-state index in [0.29, 0.717) is 11.5 Å². The molecule has 0 unspecified atom stereocenters. The lowest BCUT2D eigenvalue weighted by Crippen LogP contribution is -2.42. The lowest BCUT2D eigenvalue weighted by molar-refractivity contribution is -0.125. The van der Waals surface area contributed by atoms with E-state index >= 15 is 0 Å². The van der Waals surface area contributed by atoms with Crippen molar-refractivity contribution in [2.75, 3.05) is 20.7 Å². The summed E-state index contributed by atoms with van der Waals surface area (Å²) in [4.78, 5) is 24.5. The highest BCUT2D eigenvalue weighted by molar-refractivity contribution is 7.89. The van der Waals surface area contributed by atoms with E-state index in [9.17, 15) is 18.0 Å². The molecule has 1 amide bonds. The van der Waals surface area contributed by atoms with E-state index in [0.717, 1.165) is 23.6 Å². The molecule has 0 spiro atoms. The third kappa shape index (κ3) is 5.29. The van der Waals surface area contributed by atoms with Gasteiger partial charge in [0.15, 0.2) is 6.61 Å². The zero-order valence-corrected chi connectivity index (χ0v) is 17.1. The summed E-state index contributed by atoms with van der Waals surface area (Å²) in [7, 11) is -0.819. The molecule has 0 radical (unpaired) electrons. The second-order valence-corrected chi connectivity index (χ2v) is 9.43. The molecule has 8 heteroatoms. The maximum Gasteiger partial charge on any atom is 0.338 e. The highest BCUT2D eigenvalue weighted by Gasteiger charge is 2.24. The van der Waals surface area contributed by atoms with Crippen LogP contribution in [0.3, 0.4) is 0 Å². The van der Waals surface area contributed by atoms with Crippen LogP contribution < -0.4 is 5.32 Å². The maximum atomic E-state index is 12.4. The SMILES string of the molecule is Cc1ccc(S(=O)(=O)N(C)C)cc1C(=O)OCC(=O)N[C@H]1CCCC[C@H]1C. The van der Waals surface area contributed by atoms with E-state index in [1.165, 1.54) is 32.6 Å². The number of aryl methyl sites for hydroxylation is 1. The molecule has 2 rings (SSSR count). The number of esters is 1. The molecule has 0 aromatic heterocycles. The van der Waals surface area contributed by atoms with Crippen LogP contribution in [0.4, 0.5) is 0 Å². The van der Waals surface area contributed by atoms with Gasteiger partial charge in [-0.25, -0.2) is 17.5 Å². The third-order valence-corrected chi connectivity index (χ3v) is 6.81. The van der Waals surface area contributed by atoms with Gasteiger partial charge in [0, 0.05) is 20.1 Å². The quantitative estimate of drug-likeness (QED) is 0.744. The Hall–Kier alpha value is -1.93. The highest BCUT2D eigenvalue weighted by Crippen LogP contribution is 2.23. The first-order valence-corrected chi connectivity index (χ1v) is 10.6. The molecule has 1 aliphatic rings. The van der Waals surface area contributed by atoms with Crippen LogP contribution >= 0.6 is 0 Å². The predicted octanol–water partition coefficient (Wildman–Crippen LogP) is 2.10. The Kier molecular flexibility index (Phi) is 7.00. The van der Waals surface area contributed by atoms with Gasteiger partial charge in [-0.15, -0.1) is 0 Å². The number of sulfonamides is 1. The van der Waals surface area contributed by atoms with Gasteiger partial charge in [0.1, 0.15) is 0 Å². The van der Waals surface area contributed by atoms with Crippen LogP contribution in [-0.4, -0.2) is 51.3 Å². The Morgan fingerprint density at radius 1 is 1.22 bits per heavy atom. The van der Waals surface area contributed by atoms with Crippen molar-refractivity contribution in [3.63, 3.8) is 0 Å². The Labute approximate surface area is 161 Å². The molecular weight excluding hydrogens is 368 g/mol. The molecule has 1 fully saturated rings. The monoisotopic (exact) mass is 396 g/mol. The second kappa shape index (κ2) is 8.84. The van der Waals surface area contributed by atoms with Crippen LogP contribution in [0.25, 0.3) is 0 Å². The highest BCUT2D eigenvalue weighted by atomic mass is 32.2. The number of nitrogens with zero attached hydrogens (tertiary/aromatic N) is 1. The van der Waals surface area contributed by atoms with Crippen LogP contribution in [0, 0.1) is 12.8 Å². The first-order valence-electron chi connectivity index (χ1n) is 9.12. The molecule has 1 aliphatic carbocycles. The largest absolute Gasteiger partial charge is 0.452 e. The van der Waals surface area contributed by atoms with Gasteiger partial charge in [0.25, 0.3) is 5.91 Å². The van der Waals surface area contributed by atoms with Crippen molar-refractivity contribution in [1.29, 1.82) is 0 Å². The summed E-state index contributed by atoms with van der Waals surface area (Å²) < 4.78 is 30.7. The lowest BCUT2D eigenvalue weighted by Gasteiger charge is -2.29. The molecule has 7 nitrogen and oxygen atoms in total. The second-order valence-electron chi connectivity index (χ2n) is 7.28. The van der Waals surface area contributed by atoms with Crippen molar-refractivity contribution in [2.45, 2.75) is 50.5 Å². The average molecular weight is 397 g/mol. The Morgan fingerprint density at radius 3 is 2.52 bits per heavy atom. The fraction of sp³-hybridized carbons (Fsp3) is 0.579. The van der Waals surface area contributed by atoms with Gasteiger partial charge in [-0.1, -0.05) is 25.8 Å². The summed E-state index contributed by atoms with van der Waals surface area (Å²) in [6.45, 7) is 3.41. The number of ether oxygens (including phenoxy) is 1. The molecule has 0 bridgehead atoms. The van der Waals surface area contributed by atoms with E-state index in [1.54, 1.807) is 13.0 Å². The summed E-state index contributed by atoms with van der Waals surface area (Å²) in [5.74, 6) is -0.638. The first-order chi connectivity index (χ1) is 12.6. The number of amides is 1. The molecule has 1 aromatic carbocycles. The first kappa shape index (κ1) is 21.4. The molecule has 0 aliphatic heterocycles. The van der Waals surface area contributed by atoms with E-state index in [4.69, 9.17) is 4.74 Å². The average Bonchev–Trinajstić information content (AvgIpc) is 2.61. The normalized spacial score (nSPS) is 20.3. The summed E-state index contributed by atoms with van der Waals surface area (Å²) in [6.07, 6.45) is 4.27. The lowest BCUT2D eigenvalue weighted by atomic mass is 9.86. The number of hydrogen-bond donors (Lipinski definition) is 1. The van der Waals surface area contributed by atoms with Crippen molar-refractivity contribution in [1.82, 2.24) is 9.62 Å². The molecule has 150 valence electrons. The Bertz CT molecular complexity index is 804. The van der Waals surface area contributed by atoms with Crippen molar-refractivity contribution < 1.29 is 22.7 Å². The minimum atomic E-state index is -3.66. The molecule has 0 heterocycles. The minimum Gasteiger partial charge on any atom is -0.452 e. The van der Waals surface area contributed by atoms with Gasteiger partial charge < -0.3 is 10.1 Å². The van der Waals surface area contributed by atoms with Gasteiger partial charge >= 0.3 is 5.97 Å². The number of hydrogen-bond acceptors (Lipinski definition) is 5. The topological polar surface area (TPSA) is 92.8 Å². The fourth-order valence-electron chi connectivity index (χ4n) is 3.18. The maximum absolute atomic E-state index is 12.4. The molecule has 0 saturated heterocycles. The standard InChI is InChI=1S/C19H28N2O5S/c1-13-9-10-15(27(24,25)21(3)4)11-16(13)19(23)26-12-18(22)20-17-8-6-5-7-14(17)2/h9-11,14,17H,5-8,12H2,1-4H3,(H,20,22)/t14-,17+/m1/s1. The molecule has 1 N–H and O–H groups in total. The van der Waals surface area contributed by atoms with Crippen molar-refractivity contribution >= 4 is 21.9 Å². The number of rotatable bonds is 6. The van der Waals surface area contributed by atoms with Crippen molar-refractivity contribution in [3.8, 4) is 0 Å². The number of nitrogens with one attached hydrogen (secondary N) is 1. The Morgan fingerprint density at radius 2 is 1.89 bits per heavy atom. The Balaban J connectivity index is 2.02. The van der Waals surface area contributed by atoms with Gasteiger partial charge in [0.05, 0.1) is 10.5 Å². The van der Waals surface area contributed by atoms with Crippen LogP contribution in [0.15, 0.2) is 23.1 Å². The van der Waals surface area contributed by atoms with E-state index in [1.807, 2.05) is 0 Å². The zero-order chi connectivity index (χ0) is 20.2. The van der Waals surface area contributed by atoms with Gasteiger partial charge in [0.2, 0.25) is 10.0 Å². The van der Waals surface area contributed by atoms with Crippen LogP contribution in [0.1, 0.15) is 48.5 Å². The fourth-order valence-corrected chi connectivity index (χ4v) is 4.11. The summed E-state index contributed by atoms with van der Waals surface area (Å²) in [6, 6.07) is 4.39. The molecule has 2 atom stereocenters. The molecule has 1 aromatic rings. The number of benzene rings is 1. The summed E-state index contributed by atoms with van der Waals surface area (Å²) in [5.41, 5.74) is 0.718. The summed E-state index contributed by atoms with van der Waals surface area (Å²) >= 11 is 0. The molecule has 1 saturated carbocycles. The van der Waals surface area contributed by atoms with Crippen LogP contribution in [0.5, 0.6) is 0 Å². The van der Waals surface area contributed by atoms with E-state index < -0.39 is 16.0 Å². The van der Waals surface area contributed by atoms with E-state index in [2.05, 4.69) is 12.2 Å². The van der Waals surface area contributed by atoms with Crippen molar-refractivity contribution in [2.24, 2.45) is 5.92 Å². The van der Waals surface area contributed by atoms with Crippen molar-refractivity contribution in [3.05, 3.63) is 29.3 Å². The third-order valence-electron chi connectivity index (χ3n) is 5.00.